The number of halogens is 1. The molecule has 170 valence electrons. The molecule has 1 saturated heterocycles. The Kier molecular flexibility index (Phi) is 8.49. The maximum atomic E-state index is 5.90. The van der Waals surface area contributed by atoms with Gasteiger partial charge in [0, 0.05) is 37.4 Å². The van der Waals surface area contributed by atoms with Gasteiger partial charge in [-0.3, -0.25) is 4.99 Å². The molecular weight excluding hydrogens is 515 g/mol. The van der Waals surface area contributed by atoms with Crippen molar-refractivity contribution in [3.8, 4) is 11.3 Å². The Balaban J connectivity index is 0.00000289. The van der Waals surface area contributed by atoms with E-state index in [1.807, 2.05) is 25.1 Å². The van der Waals surface area contributed by atoms with Crippen molar-refractivity contribution in [3.63, 3.8) is 0 Å². The molecule has 32 heavy (non-hydrogen) atoms. The summed E-state index contributed by atoms with van der Waals surface area (Å²) in [6, 6.07) is 14.8. The van der Waals surface area contributed by atoms with E-state index in [1.165, 1.54) is 5.56 Å². The summed E-state index contributed by atoms with van der Waals surface area (Å²) < 4.78 is 5.90. The van der Waals surface area contributed by atoms with E-state index in [0.717, 1.165) is 54.7 Å². The van der Waals surface area contributed by atoms with Gasteiger partial charge in [-0.25, -0.2) is 9.97 Å². The molecule has 7 nitrogen and oxygen atoms in total. The SMILES string of the molecule is CN=C(NCc1ncc(-c2ccc(C)cc2)o1)NC1CCN(c2cccc(C)n2)CC1.I. The quantitative estimate of drug-likeness (QED) is 0.282. The van der Waals surface area contributed by atoms with Gasteiger partial charge in [0.2, 0.25) is 5.89 Å². The number of aromatic nitrogens is 2. The number of aryl methyl sites for hydroxylation is 2. The number of hydrogen-bond acceptors (Lipinski definition) is 5. The number of benzene rings is 1. The first kappa shape index (κ1) is 24.0. The Labute approximate surface area is 206 Å². The van der Waals surface area contributed by atoms with Crippen molar-refractivity contribution in [3.05, 3.63) is 65.8 Å². The second-order valence-corrected chi connectivity index (χ2v) is 7.95. The Bertz CT molecular complexity index is 1020. The number of nitrogens with one attached hydrogen (secondary N) is 2. The molecule has 0 spiro atoms. The average Bonchev–Trinajstić information content (AvgIpc) is 3.26. The second-order valence-electron chi connectivity index (χ2n) is 7.95. The molecule has 0 amide bonds. The number of piperidine rings is 1. The normalized spacial score (nSPS) is 14.7. The van der Waals surface area contributed by atoms with Crippen LogP contribution in [0.3, 0.4) is 0 Å². The summed E-state index contributed by atoms with van der Waals surface area (Å²) >= 11 is 0. The molecule has 0 aliphatic carbocycles. The summed E-state index contributed by atoms with van der Waals surface area (Å²) in [5.41, 5.74) is 3.31. The highest BCUT2D eigenvalue weighted by atomic mass is 127. The first-order chi connectivity index (χ1) is 15.1. The van der Waals surface area contributed by atoms with Gasteiger partial charge in [-0.15, -0.1) is 24.0 Å². The first-order valence-corrected chi connectivity index (χ1v) is 10.8. The minimum absolute atomic E-state index is 0. The fourth-order valence-corrected chi connectivity index (χ4v) is 3.75. The smallest absolute Gasteiger partial charge is 0.214 e. The maximum absolute atomic E-state index is 5.90. The zero-order valence-corrected chi connectivity index (χ0v) is 21.2. The molecule has 0 unspecified atom stereocenters. The van der Waals surface area contributed by atoms with Crippen LogP contribution in [0.1, 0.15) is 30.0 Å². The molecule has 0 bridgehead atoms. The molecule has 1 aromatic carbocycles. The van der Waals surface area contributed by atoms with Crippen molar-refractivity contribution in [2.24, 2.45) is 4.99 Å². The van der Waals surface area contributed by atoms with E-state index >= 15 is 0 Å². The van der Waals surface area contributed by atoms with Gasteiger partial charge < -0.3 is 20.0 Å². The average molecular weight is 546 g/mol. The third-order valence-corrected chi connectivity index (χ3v) is 5.55. The van der Waals surface area contributed by atoms with Gasteiger partial charge in [-0.1, -0.05) is 35.9 Å². The highest BCUT2D eigenvalue weighted by Gasteiger charge is 2.21. The van der Waals surface area contributed by atoms with Gasteiger partial charge in [-0.2, -0.15) is 0 Å². The first-order valence-electron chi connectivity index (χ1n) is 10.8. The molecule has 0 atom stereocenters. The van der Waals surface area contributed by atoms with Gasteiger partial charge in [0.25, 0.3) is 0 Å². The van der Waals surface area contributed by atoms with Crippen LogP contribution >= 0.6 is 24.0 Å². The summed E-state index contributed by atoms with van der Waals surface area (Å²) in [7, 11) is 1.79. The van der Waals surface area contributed by atoms with Crippen LogP contribution in [0, 0.1) is 13.8 Å². The fraction of sp³-hybridized carbons (Fsp3) is 0.375. The minimum Gasteiger partial charge on any atom is -0.439 e. The molecule has 1 aliphatic rings. The van der Waals surface area contributed by atoms with Crippen molar-refractivity contribution >= 4 is 35.8 Å². The molecule has 3 heterocycles. The summed E-state index contributed by atoms with van der Waals surface area (Å²) in [5, 5.41) is 6.84. The lowest BCUT2D eigenvalue weighted by Gasteiger charge is -2.33. The molecule has 2 N–H and O–H groups in total. The topological polar surface area (TPSA) is 78.6 Å². The minimum atomic E-state index is 0. The fourth-order valence-electron chi connectivity index (χ4n) is 3.75. The summed E-state index contributed by atoms with van der Waals surface area (Å²) in [5.74, 6) is 3.24. The predicted octanol–water partition coefficient (Wildman–Crippen LogP) is 4.31. The predicted molar refractivity (Wildman–Crippen MR) is 140 cm³/mol. The second kappa shape index (κ2) is 11.3. The van der Waals surface area contributed by atoms with Crippen LogP contribution in [-0.2, 0) is 6.54 Å². The van der Waals surface area contributed by atoms with Crippen LogP contribution in [0.25, 0.3) is 11.3 Å². The van der Waals surface area contributed by atoms with Crippen LogP contribution in [0.4, 0.5) is 5.82 Å². The van der Waals surface area contributed by atoms with E-state index in [0.29, 0.717) is 18.5 Å². The Morgan fingerprint density at radius 3 is 2.56 bits per heavy atom. The molecule has 1 aliphatic heterocycles. The van der Waals surface area contributed by atoms with E-state index in [2.05, 4.69) is 61.7 Å². The van der Waals surface area contributed by atoms with Crippen molar-refractivity contribution < 1.29 is 4.42 Å². The number of aliphatic imine (C=N–C) groups is 1. The summed E-state index contributed by atoms with van der Waals surface area (Å²) in [6.45, 7) is 6.54. The van der Waals surface area contributed by atoms with Gasteiger partial charge >= 0.3 is 0 Å². The highest BCUT2D eigenvalue weighted by molar-refractivity contribution is 14.0. The van der Waals surface area contributed by atoms with Gasteiger partial charge in [-0.05, 0) is 38.8 Å². The zero-order chi connectivity index (χ0) is 21.6. The Morgan fingerprint density at radius 1 is 1.12 bits per heavy atom. The number of hydrogen-bond donors (Lipinski definition) is 2. The monoisotopic (exact) mass is 546 g/mol. The summed E-state index contributed by atoms with van der Waals surface area (Å²) in [4.78, 5) is 15.7. The van der Waals surface area contributed by atoms with Crippen LogP contribution < -0.4 is 15.5 Å². The van der Waals surface area contributed by atoms with Gasteiger partial charge in [0.1, 0.15) is 5.82 Å². The van der Waals surface area contributed by atoms with E-state index in [1.54, 1.807) is 13.2 Å². The lowest BCUT2D eigenvalue weighted by atomic mass is 10.1. The molecule has 8 heteroatoms. The zero-order valence-electron chi connectivity index (χ0n) is 18.8. The van der Waals surface area contributed by atoms with Crippen LogP contribution in [0.2, 0.25) is 0 Å². The standard InChI is InChI=1S/C24H30N6O.HI/c1-17-7-9-19(10-8-17)21-15-26-23(31-21)16-27-24(25-3)29-20-11-13-30(14-12-20)22-6-4-5-18(2)28-22;/h4-10,15,20H,11-14,16H2,1-3H3,(H2,25,27,29);1H. The molecule has 4 rings (SSSR count). The van der Waals surface area contributed by atoms with Crippen molar-refractivity contribution in [1.82, 2.24) is 20.6 Å². The molecule has 0 saturated carbocycles. The molecular formula is C24H31IN6O. The van der Waals surface area contributed by atoms with E-state index < -0.39 is 0 Å². The largest absolute Gasteiger partial charge is 0.439 e. The third kappa shape index (κ3) is 6.21. The number of rotatable bonds is 5. The van der Waals surface area contributed by atoms with E-state index in [4.69, 9.17) is 4.42 Å². The summed E-state index contributed by atoms with van der Waals surface area (Å²) in [6.07, 6.45) is 3.84. The number of pyridine rings is 1. The van der Waals surface area contributed by atoms with Crippen LogP contribution in [0.5, 0.6) is 0 Å². The highest BCUT2D eigenvalue weighted by Crippen LogP contribution is 2.21. The van der Waals surface area contributed by atoms with Gasteiger partial charge in [0.15, 0.2) is 11.7 Å². The van der Waals surface area contributed by atoms with Crippen molar-refractivity contribution in [2.75, 3.05) is 25.0 Å². The molecule has 2 aromatic heterocycles. The van der Waals surface area contributed by atoms with Gasteiger partial charge in [0.05, 0.1) is 12.7 Å². The third-order valence-electron chi connectivity index (χ3n) is 5.55. The van der Waals surface area contributed by atoms with E-state index in [-0.39, 0.29) is 24.0 Å². The molecule has 3 aromatic rings. The number of guanidine groups is 1. The van der Waals surface area contributed by atoms with Crippen molar-refractivity contribution in [1.29, 1.82) is 0 Å². The Hall–Kier alpha value is -2.62. The number of nitrogens with zero attached hydrogens (tertiary/aromatic N) is 4. The number of oxazole rings is 1. The lowest BCUT2D eigenvalue weighted by Crippen LogP contribution is -2.48. The molecule has 1 fully saturated rings. The number of anilines is 1. The Morgan fingerprint density at radius 2 is 1.88 bits per heavy atom. The lowest BCUT2D eigenvalue weighted by molar-refractivity contribution is 0.455. The van der Waals surface area contributed by atoms with Crippen LogP contribution in [-0.4, -0.2) is 42.1 Å². The molecule has 0 radical (unpaired) electrons. The maximum Gasteiger partial charge on any atom is 0.214 e. The van der Waals surface area contributed by atoms with Crippen molar-refractivity contribution in [2.45, 2.75) is 39.3 Å². The van der Waals surface area contributed by atoms with E-state index in [9.17, 15) is 0 Å². The van der Waals surface area contributed by atoms with Crippen LogP contribution in [0.15, 0.2) is 58.1 Å².